The fourth-order valence-corrected chi connectivity index (χ4v) is 2.99. The molecule has 1 saturated heterocycles. The molecule has 2 aromatic rings. The van der Waals surface area contributed by atoms with Crippen LogP contribution in [0.1, 0.15) is 22.3 Å². The van der Waals surface area contributed by atoms with E-state index in [9.17, 15) is 9.59 Å². The summed E-state index contributed by atoms with van der Waals surface area (Å²) in [6.07, 6.45) is 0.878. The SMILES string of the molecule is Cc1cccc(CC2NC(=O)C(Cc3ccc(C#N)cc3)NC2=O)c1. The van der Waals surface area contributed by atoms with Crippen molar-refractivity contribution in [3.8, 4) is 6.07 Å². The molecule has 2 aromatic carbocycles. The second-order valence-corrected chi connectivity index (χ2v) is 6.33. The molecule has 2 atom stereocenters. The van der Waals surface area contributed by atoms with Crippen LogP contribution >= 0.6 is 0 Å². The van der Waals surface area contributed by atoms with Gasteiger partial charge in [0.25, 0.3) is 0 Å². The monoisotopic (exact) mass is 333 g/mol. The van der Waals surface area contributed by atoms with Crippen molar-refractivity contribution in [2.24, 2.45) is 0 Å². The summed E-state index contributed by atoms with van der Waals surface area (Å²) in [5, 5.41) is 14.5. The summed E-state index contributed by atoms with van der Waals surface area (Å²) in [5.41, 5.74) is 3.61. The lowest BCUT2D eigenvalue weighted by atomic mass is 9.97. The Bertz CT molecular complexity index is 837. The molecule has 1 fully saturated rings. The summed E-state index contributed by atoms with van der Waals surface area (Å²) in [6, 6.07) is 15.8. The van der Waals surface area contributed by atoms with Gasteiger partial charge in [-0.3, -0.25) is 9.59 Å². The molecule has 0 aliphatic carbocycles. The van der Waals surface area contributed by atoms with Gasteiger partial charge in [-0.2, -0.15) is 5.26 Å². The standard InChI is InChI=1S/C20H19N3O2/c1-13-3-2-4-16(9-13)11-18-20(25)22-17(19(24)23-18)10-14-5-7-15(12-21)8-6-14/h2-9,17-18H,10-11H2,1H3,(H,22,25)(H,23,24). The highest BCUT2D eigenvalue weighted by molar-refractivity contribution is 5.97. The number of rotatable bonds is 4. The zero-order valence-electron chi connectivity index (χ0n) is 14.0. The van der Waals surface area contributed by atoms with Crippen molar-refractivity contribution in [3.63, 3.8) is 0 Å². The van der Waals surface area contributed by atoms with E-state index in [0.717, 1.165) is 16.7 Å². The van der Waals surface area contributed by atoms with Gasteiger partial charge < -0.3 is 10.6 Å². The highest BCUT2D eigenvalue weighted by Gasteiger charge is 2.33. The smallest absolute Gasteiger partial charge is 0.243 e. The van der Waals surface area contributed by atoms with E-state index in [0.29, 0.717) is 18.4 Å². The Morgan fingerprint density at radius 2 is 1.52 bits per heavy atom. The molecule has 1 heterocycles. The maximum Gasteiger partial charge on any atom is 0.243 e. The Hall–Kier alpha value is -3.13. The molecule has 2 N–H and O–H groups in total. The van der Waals surface area contributed by atoms with Gasteiger partial charge in [-0.05, 0) is 30.2 Å². The van der Waals surface area contributed by atoms with E-state index >= 15 is 0 Å². The van der Waals surface area contributed by atoms with Gasteiger partial charge in [0.15, 0.2) is 0 Å². The van der Waals surface area contributed by atoms with Crippen LogP contribution in [0, 0.1) is 18.3 Å². The molecule has 0 radical (unpaired) electrons. The molecule has 5 nitrogen and oxygen atoms in total. The number of benzene rings is 2. The van der Waals surface area contributed by atoms with Crippen LogP contribution < -0.4 is 10.6 Å². The van der Waals surface area contributed by atoms with Crippen molar-refractivity contribution in [1.82, 2.24) is 10.6 Å². The van der Waals surface area contributed by atoms with Gasteiger partial charge in [0.2, 0.25) is 11.8 Å². The van der Waals surface area contributed by atoms with Gasteiger partial charge in [-0.25, -0.2) is 0 Å². The number of nitrogens with one attached hydrogen (secondary N) is 2. The predicted octanol–water partition coefficient (Wildman–Crippen LogP) is 1.64. The van der Waals surface area contributed by atoms with E-state index in [1.54, 1.807) is 24.3 Å². The molecule has 1 aliphatic heterocycles. The largest absolute Gasteiger partial charge is 0.342 e. The van der Waals surface area contributed by atoms with Crippen LogP contribution in [0.5, 0.6) is 0 Å². The summed E-state index contributed by atoms with van der Waals surface area (Å²) < 4.78 is 0. The van der Waals surface area contributed by atoms with Crippen molar-refractivity contribution in [2.75, 3.05) is 0 Å². The summed E-state index contributed by atoms with van der Waals surface area (Å²) >= 11 is 0. The summed E-state index contributed by atoms with van der Waals surface area (Å²) in [5.74, 6) is -0.346. The van der Waals surface area contributed by atoms with E-state index in [1.165, 1.54) is 0 Å². The number of nitrogens with zero attached hydrogens (tertiary/aromatic N) is 1. The minimum atomic E-state index is -0.589. The predicted molar refractivity (Wildman–Crippen MR) is 93.6 cm³/mol. The van der Waals surface area contributed by atoms with E-state index in [2.05, 4.69) is 16.7 Å². The molecule has 0 aromatic heterocycles. The van der Waals surface area contributed by atoms with Gasteiger partial charge in [0, 0.05) is 12.8 Å². The number of hydrogen-bond acceptors (Lipinski definition) is 3. The molecule has 3 rings (SSSR count). The first-order chi connectivity index (χ1) is 12.0. The lowest BCUT2D eigenvalue weighted by molar-refractivity contribution is -0.136. The van der Waals surface area contributed by atoms with Crippen LogP contribution in [0.2, 0.25) is 0 Å². The van der Waals surface area contributed by atoms with Crippen LogP contribution in [-0.4, -0.2) is 23.9 Å². The first-order valence-corrected chi connectivity index (χ1v) is 8.20. The third-order valence-corrected chi connectivity index (χ3v) is 4.31. The van der Waals surface area contributed by atoms with Crippen LogP contribution in [0.15, 0.2) is 48.5 Å². The van der Waals surface area contributed by atoms with Gasteiger partial charge >= 0.3 is 0 Å². The number of amides is 2. The van der Waals surface area contributed by atoms with E-state index in [1.807, 2.05) is 31.2 Å². The van der Waals surface area contributed by atoms with Gasteiger partial charge in [-0.15, -0.1) is 0 Å². The quantitative estimate of drug-likeness (QED) is 0.892. The second kappa shape index (κ2) is 7.18. The lowest BCUT2D eigenvalue weighted by Crippen LogP contribution is -2.62. The number of aryl methyl sites for hydroxylation is 1. The lowest BCUT2D eigenvalue weighted by Gasteiger charge is -2.29. The Balaban J connectivity index is 1.64. The maximum atomic E-state index is 12.4. The molecule has 0 saturated carbocycles. The molecule has 2 unspecified atom stereocenters. The summed E-state index contributed by atoms with van der Waals surface area (Å²) in [7, 11) is 0. The van der Waals surface area contributed by atoms with Crippen LogP contribution in [0.25, 0.3) is 0 Å². The molecular formula is C20H19N3O2. The van der Waals surface area contributed by atoms with E-state index < -0.39 is 12.1 Å². The zero-order valence-corrected chi connectivity index (χ0v) is 14.0. The van der Waals surface area contributed by atoms with Crippen molar-refractivity contribution in [2.45, 2.75) is 31.8 Å². The molecule has 0 spiro atoms. The minimum Gasteiger partial charge on any atom is -0.342 e. The number of carbonyl (C=O) groups is 2. The number of hydrogen-bond donors (Lipinski definition) is 2. The van der Waals surface area contributed by atoms with Crippen molar-refractivity contribution >= 4 is 11.8 Å². The van der Waals surface area contributed by atoms with Crippen LogP contribution in [-0.2, 0) is 22.4 Å². The number of nitriles is 1. The number of carbonyl (C=O) groups excluding carboxylic acids is 2. The molecule has 126 valence electrons. The van der Waals surface area contributed by atoms with Crippen LogP contribution in [0.4, 0.5) is 0 Å². The van der Waals surface area contributed by atoms with Crippen molar-refractivity contribution in [1.29, 1.82) is 5.26 Å². The maximum absolute atomic E-state index is 12.4. The average molecular weight is 333 g/mol. The molecular weight excluding hydrogens is 314 g/mol. The summed E-state index contributed by atoms with van der Waals surface area (Å²) in [4.78, 5) is 24.7. The van der Waals surface area contributed by atoms with E-state index in [4.69, 9.17) is 5.26 Å². The Kier molecular flexibility index (Phi) is 4.80. The highest BCUT2D eigenvalue weighted by Crippen LogP contribution is 2.12. The third-order valence-electron chi connectivity index (χ3n) is 4.31. The molecule has 2 amide bonds. The number of piperazine rings is 1. The average Bonchev–Trinajstić information content (AvgIpc) is 2.60. The van der Waals surface area contributed by atoms with Crippen molar-refractivity contribution in [3.05, 3.63) is 70.8 Å². The Labute approximate surface area is 146 Å². The highest BCUT2D eigenvalue weighted by atomic mass is 16.2. The summed E-state index contributed by atoms with van der Waals surface area (Å²) in [6.45, 7) is 2.00. The van der Waals surface area contributed by atoms with Gasteiger partial charge in [0.05, 0.1) is 11.6 Å². The minimum absolute atomic E-state index is 0.167. The Morgan fingerprint density at radius 3 is 2.08 bits per heavy atom. The zero-order chi connectivity index (χ0) is 17.8. The first kappa shape index (κ1) is 16.7. The molecule has 1 aliphatic rings. The third kappa shape index (κ3) is 4.04. The Morgan fingerprint density at radius 1 is 0.920 bits per heavy atom. The van der Waals surface area contributed by atoms with E-state index in [-0.39, 0.29) is 11.8 Å². The first-order valence-electron chi connectivity index (χ1n) is 8.20. The second-order valence-electron chi connectivity index (χ2n) is 6.33. The molecule has 0 bridgehead atoms. The molecule has 25 heavy (non-hydrogen) atoms. The van der Waals surface area contributed by atoms with Gasteiger partial charge in [0.1, 0.15) is 12.1 Å². The van der Waals surface area contributed by atoms with Crippen molar-refractivity contribution < 1.29 is 9.59 Å². The van der Waals surface area contributed by atoms with Gasteiger partial charge in [-0.1, -0.05) is 42.0 Å². The topological polar surface area (TPSA) is 82.0 Å². The molecule has 5 heteroatoms. The van der Waals surface area contributed by atoms with Crippen LogP contribution in [0.3, 0.4) is 0 Å². The fourth-order valence-electron chi connectivity index (χ4n) is 2.99. The fraction of sp³-hybridized carbons (Fsp3) is 0.250. The normalized spacial score (nSPS) is 19.7.